The maximum atomic E-state index is 8.84. The van der Waals surface area contributed by atoms with Crippen molar-refractivity contribution in [1.82, 2.24) is 0 Å². The van der Waals surface area contributed by atoms with E-state index in [2.05, 4.69) is 19.0 Å². The Morgan fingerprint density at radius 2 is 2.10 bits per heavy atom. The van der Waals surface area contributed by atoms with E-state index >= 15 is 0 Å². The van der Waals surface area contributed by atoms with Crippen molar-refractivity contribution in [2.75, 3.05) is 0 Å². The molecular weight excluding hydrogens is 276 g/mol. The van der Waals surface area contributed by atoms with E-state index in [1.807, 2.05) is 0 Å². The summed E-state index contributed by atoms with van der Waals surface area (Å²) in [6.45, 7) is 4.53. The average molecular weight is 297 g/mol. The first kappa shape index (κ1) is 15.0. The van der Waals surface area contributed by atoms with Gasteiger partial charge in [-0.2, -0.15) is 0 Å². The van der Waals surface area contributed by atoms with Gasteiger partial charge in [0.05, 0.1) is 11.7 Å². The van der Waals surface area contributed by atoms with Gasteiger partial charge in [-0.3, -0.25) is 0 Å². The number of amidine groups is 1. The fraction of sp³-hybridized carbons (Fsp3) is 0.533. The van der Waals surface area contributed by atoms with E-state index in [9.17, 15) is 0 Å². The molecule has 0 radical (unpaired) electrons. The molecule has 0 amide bonds. The van der Waals surface area contributed by atoms with Gasteiger partial charge in [0.25, 0.3) is 0 Å². The monoisotopic (exact) mass is 296 g/mol. The molecule has 0 bridgehead atoms. The van der Waals surface area contributed by atoms with Crippen LogP contribution in [0.2, 0.25) is 5.02 Å². The van der Waals surface area contributed by atoms with Crippen LogP contribution in [0.5, 0.6) is 5.75 Å². The van der Waals surface area contributed by atoms with Gasteiger partial charge < -0.3 is 15.7 Å². The van der Waals surface area contributed by atoms with E-state index in [4.69, 9.17) is 27.3 Å². The number of benzene rings is 1. The van der Waals surface area contributed by atoms with Crippen molar-refractivity contribution in [3.8, 4) is 5.75 Å². The maximum absolute atomic E-state index is 8.84. The standard InChI is InChI=1S/C15H21ClN2O2/c1-9-3-5-12(7-10(9)2)20-14-8-11(16)4-6-13(14)15(17)18-19/h4,6,8-10,12,19H,3,5,7H2,1-2H3,(H2,17,18). The molecular formula is C15H21ClN2O2. The smallest absolute Gasteiger partial charge is 0.173 e. The fourth-order valence-corrected chi connectivity index (χ4v) is 2.81. The largest absolute Gasteiger partial charge is 0.490 e. The second-order valence-corrected chi connectivity index (χ2v) is 6.07. The predicted molar refractivity (Wildman–Crippen MR) is 80.6 cm³/mol. The summed E-state index contributed by atoms with van der Waals surface area (Å²) in [6, 6.07) is 5.13. The van der Waals surface area contributed by atoms with Crippen LogP contribution in [0.3, 0.4) is 0 Å². The summed E-state index contributed by atoms with van der Waals surface area (Å²) >= 11 is 6.01. The summed E-state index contributed by atoms with van der Waals surface area (Å²) < 4.78 is 6.05. The Bertz CT molecular complexity index is 505. The highest BCUT2D eigenvalue weighted by molar-refractivity contribution is 6.30. The summed E-state index contributed by atoms with van der Waals surface area (Å²) in [7, 11) is 0. The Kier molecular flexibility index (Phi) is 4.76. The lowest BCUT2D eigenvalue weighted by atomic mass is 9.80. The molecule has 3 atom stereocenters. The molecule has 1 fully saturated rings. The van der Waals surface area contributed by atoms with Crippen LogP contribution in [0, 0.1) is 11.8 Å². The van der Waals surface area contributed by atoms with Gasteiger partial charge in [0.2, 0.25) is 0 Å². The first-order chi connectivity index (χ1) is 9.51. The predicted octanol–water partition coefficient (Wildman–Crippen LogP) is 3.64. The van der Waals surface area contributed by atoms with Crippen molar-refractivity contribution in [2.45, 2.75) is 39.2 Å². The number of halogens is 1. The average Bonchev–Trinajstić information content (AvgIpc) is 2.42. The van der Waals surface area contributed by atoms with E-state index in [1.165, 1.54) is 0 Å². The third kappa shape index (κ3) is 3.37. The second-order valence-electron chi connectivity index (χ2n) is 5.63. The molecule has 0 heterocycles. The molecule has 0 aromatic heterocycles. The molecule has 1 aliphatic carbocycles. The van der Waals surface area contributed by atoms with Crippen molar-refractivity contribution >= 4 is 17.4 Å². The molecule has 20 heavy (non-hydrogen) atoms. The lowest BCUT2D eigenvalue weighted by Crippen LogP contribution is -2.29. The topological polar surface area (TPSA) is 67.8 Å². The first-order valence-electron chi connectivity index (χ1n) is 6.95. The van der Waals surface area contributed by atoms with Crippen molar-refractivity contribution in [2.24, 2.45) is 22.7 Å². The van der Waals surface area contributed by atoms with E-state index in [1.54, 1.807) is 18.2 Å². The number of nitrogens with zero attached hydrogens (tertiary/aromatic N) is 1. The van der Waals surface area contributed by atoms with Crippen LogP contribution in [0.25, 0.3) is 0 Å². The summed E-state index contributed by atoms with van der Waals surface area (Å²) in [6.07, 6.45) is 3.35. The highest BCUT2D eigenvalue weighted by atomic mass is 35.5. The van der Waals surface area contributed by atoms with Gasteiger partial charge in [-0.05, 0) is 49.3 Å². The molecule has 3 N–H and O–H groups in total. The Morgan fingerprint density at radius 1 is 1.35 bits per heavy atom. The van der Waals surface area contributed by atoms with Crippen molar-refractivity contribution < 1.29 is 9.94 Å². The normalized spacial score (nSPS) is 27.4. The third-order valence-corrected chi connectivity index (χ3v) is 4.41. The minimum absolute atomic E-state index is 0.0360. The van der Waals surface area contributed by atoms with Crippen LogP contribution in [0.15, 0.2) is 23.4 Å². The zero-order valence-electron chi connectivity index (χ0n) is 11.8. The van der Waals surface area contributed by atoms with Crippen molar-refractivity contribution in [3.63, 3.8) is 0 Å². The zero-order valence-corrected chi connectivity index (χ0v) is 12.6. The van der Waals surface area contributed by atoms with Crippen LogP contribution >= 0.6 is 11.6 Å². The Morgan fingerprint density at radius 3 is 2.75 bits per heavy atom. The highest BCUT2D eigenvalue weighted by Gasteiger charge is 2.26. The zero-order chi connectivity index (χ0) is 14.7. The SMILES string of the molecule is CC1CCC(Oc2cc(Cl)ccc2C(N)=NO)CC1C. The van der Waals surface area contributed by atoms with Crippen LogP contribution in [0.4, 0.5) is 0 Å². The van der Waals surface area contributed by atoms with Crippen molar-refractivity contribution in [1.29, 1.82) is 0 Å². The molecule has 1 aliphatic rings. The van der Waals surface area contributed by atoms with Gasteiger partial charge in [0, 0.05) is 5.02 Å². The molecule has 5 heteroatoms. The summed E-state index contributed by atoms with van der Waals surface area (Å²) in [5.74, 6) is 1.99. The van der Waals surface area contributed by atoms with E-state index in [0.29, 0.717) is 22.3 Å². The van der Waals surface area contributed by atoms with Crippen LogP contribution in [-0.4, -0.2) is 17.1 Å². The van der Waals surface area contributed by atoms with Crippen molar-refractivity contribution in [3.05, 3.63) is 28.8 Å². The van der Waals surface area contributed by atoms with Crippen LogP contribution in [0.1, 0.15) is 38.7 Å². The quantitative estimate of drug-likeness (QED) is 0.387. The number of hydrogen-bond acceptors (Lipinski definition) is 3. The first-order valence-corrected chi connectivity index (χ1v) is 7.33. The van der Waals surface area contributed by atoms with Gasteiger partial charge in [-0.1, -0.05) is 30.6 Å². The fourth-order valence-electron chi connectivity index (χ4n) is 2.64. The maximum Gasteiger partial charge on any atom is 0.173 e. The van der Waals surface area contributed by atoms with Gasteiger partial charge in [-0.15, -0.1) is 0 Å². The highest BCUT2D eigenvalue weighted by Crippen LogP contribution is 2.33. The Hall–Kier alpha value is -1.42. The Balaban J connectivity index is 2.18. The summed E-state index contributed by atoms with van der Waals surface area (Å²) in [5, 5.41) is 12.5. The number of rotatable bonds is 3. The van der Waals surface area contributed by atoms with Gasteiger partial charge >= 0.3 is 0 Å². The molecule has 1 saturated carbocycles. The molecule has 4 nitrogen and oxygen atoms in total. The third-order valence-electron chi connectivity index (χ3n) is 4.17. The molecule has 0 spiro atoms. The number of ether oxygens (including phenoxy) is 1. The Labute approximate surface area is 124 Å². The molecule has 0 aliphatic heterocycles. The number of nitrogens with two attached hydrogens (primary N) is 1. The van der Waals surface area contributed by atoms with E-state index < -0.39 is 0 Å². The van der Waals surface area contributed by atoms with Gasteiger partial charge in [0.1, 0.15) is 5.75 Å². The number of hydrogen-bond donors (Lipinski definition) is 2. The second kappa shape index (κ2) is 6.35. The summed E-state index contributed by atoms with van der Waals surface area (Å²) in [5.41, 5.74) is 6.25. The number of oxime groups is 1. The lowest BCUT2D eigenvalue weighted by Gasteiger charge is -2.32. The van der Waals surface area contributed by atoms with E-state index in [-0.39, 0.29) is 11.9 Å². The molecule has 0 saturated heterocycles. The lowest BCUT2D eigenvalue weighted by molar-refractivity contribution is 0.100. The molecule has 110 valence electrons. The van der Waals surface area contributed by atoms with Gasteiger partial charge in [-0.25, -0.2) is 0 Å². The molecule has 3 unspecified atom stereocenters. The van der Waals surface area contributed by atoms with E-state index in [0.717, 1.165) is 25.2 Å². The van der Waals surface area contributed by atoms with Crippen LogP contribution in [-0.2, 0) is 0 Å². The minimum atomic E-state index is 0.0360. The van der Waals surface area contributed by atoms with Crippen LogP contribution < -0.4 is 10.5 Å². The molecule has 2 rings (SSSR count). The summed E-state index contributed by atoms with van der Waals surface area (Å²) in [4.78, 5) is 0. The van der Waals surface area contributed by atoms with Gasteiger partial charge in [0.15, 0.2) is 5.84 Å². The molecule has 1 aromatic rings. The molecule has 1 aromatic carbocycles. The minimum Gasteiger partial charge on any atom is -0.490 e.